The summed E-state index contributed by atoms with van der Waals surface area (Å²) in [6, 6.07) is 2.25. The molecule has 2 rings (SSSR count). The average molecular weight is 331 g/mol. The minimum Gasteiger partial charge on any atom is -0.310 e. The molecule has 0 saturated heterocycles. The molecule has 0 radical (unpaired) electrons. The van der Waals surface area contributed by atoms with Gasteiger partial charge in [0.2, 0.25) is 10.0 Å². The molecule has 1 aliphatic carbocycles. The van der Waals surface area contributed by atoms with Crippen molar-refractivity contribution in [2.24, 2.45) is 5.92 Å². The van der Waals surface area contributed by atoms with Gasteiger partial charge in [-0.1, -0.05) is 33.6 Å². The first kappa shape index (κ1) is 16.9. The summed E-state index contributed by atoms with van der Waals surface area (Å²) in [4.78, 5) is 0. The van der Waals surface area contributed by atoms with Crippen molar-refractivity contribution in [3.63, 3.8) is 0 Å². The second-order valence-corrected chi connectivity index (χ2v) is 9.07. The Balaban J connectivity index is 1.97. The van der Waals surface area contributed by atoms with Crippen molar-refractivity contribution in [2.45, 2.75) is 69.3 Å². The van der Waals surface area contributed by atoms with Crippen molar-refractivity contribution in [3.05, 3.63) is 17.0 Å². The summed E-state index contributed by atoms with van der Waals surface area (Å²) < 4.78 is 28.2. The van der Waals surface area contributed by atoms with Crippen LogP contribution in [0.2, 0.25) is 0 Å². The SMILES string of the molecule is CCC(CC1CC1)NS(=O)(=O)c1cc(CNC(C)C)cs1. The summed E-state index contributed by atoms with van der Waals surface area (Å²) in [5.41, 5.74) is 1.03. The minimum atomic E-state index is -3.37. The van der Waals surface area contributed by atoms with E-state index in [1.807, 2.05) is 12.3 Å². The van der Waals surface area contributed by atoms with Crippen molar-refractivity contribution < 1.29 is 8.42 Å². The molecule has 1 aliphatic rings. The smallest absolute Gasteiger partial charge is 0.250 e. The van der Waals surface area contributed by atoms with Gasteiger partial charge in [0.25, 0.3) is 0 Å². The van der Waals surface area contributed by atoms with Gasteiger partial charge < -0.3 is 5.32 Å². The third-order valence-corrected chi connectivity index (χ3v) is 6.75. The molecule has 0 bridgehead atoms. The highest BCUT2D eigenvalue weighted by Gasteiger charge is 2.28. The van der Waals surface area contributed by atoms with E-state index in [1.165, 1.54) is 24.2 Å². The van der Waals surface area contributed by atoms with Gasteiger partial charge in [0.1, 0.15) is 4.21 Å². The summed E-state index contributed by atoms with van der Waals surface area (Å²) in [6.45, 7) is 6.91. The van der Waals surface area contributed by atoms with E-state index in [0.29, 0.717) is 16.8 Å². The van der Waals surface area contributed by atoms with Crippen LogP contribution in [0, 0.1) is 5.92 Å². The Morgan fingerprint density at radius 1 is 1.38 bits per heavy atom. The summed E-state index contributed by atoms with van der Waals surface area (Å²) >= 11 is 1.30. The lowest BCUT2D eigenvalue weighted by Gasteiger charge is -2.15. The van der Waals surface area contributed by atoms with E-state index in [1.54, 1.807) is 6.07 Å². The quantitative estimate of drug-likeness (QED) is 0.731. The Morgan fingerprint density at radius 3 is 2.67 bits per heavy atom. The van der Waals surface area contributed by atoms with Crippen molar-refractivity contribution >= 4 is 21.4 Å². The Bertz CT molecular complexity index is 548. The van der Waals surface area contributed by atoms with Crippen LogP contribution in [0.1, 0.15) is 52.0 Å². The van der Waals surface area contributed by atoms with E-state index in [-0.39, 0.29) is 6.04 Å². The molecule has 1 saturated carbocycles. The first-order valence-corrected chi connectivity index (χ1v) is 10.1. The Morgan fingerprint density at radius 2 is 2.10 bits per heavy atom. The van der Waals surface area contributed by atoms with Gasteiger partial charge in [-0.3, -0.25) is 0 Å². The maximum absolute atomic E-state index is 12.4. The average Bonchev–Trinajstić information content (AvgIpc) is 3.09. The van der Waals surface area contributed by atoms with Crippen LogP contribution in [-0.2, 0) is 16.6 Å². The molecule has 1 aromatic heterocycles. The maximum Gasteiger partial charge on any atom is 0.250 e. The highest BCUT2D eigenvalue weighted by molar-refractivity contribution is 7.91. The number of hydrogen-bond acceptors (Lipinski definition) is 4. The van der Waals surface area contributed by atoms with Crippen LogP contribution in [0.25, 0.3) is 0 Å². The number of rotatable bonds is 9. The third-order valence-electron chi connectivity index (χ3n) is 3.74. The van der Waals surface area contributed by atoms with E-state index in [9.17, 15) is 8.42 Å². The predicted octanol–water partition coefficient (Wildman–Crippen LogP) is 3.10. The number of nitrogens with one attached hydrogen (secondary N) is 2. The van der Waals surface area contributed by atoms with Crippen LogP contribution in [-0.4, -0.2) is 20.5 Å². The van der Waals surface area contributed by atoms with Gasteiger partial charge in [-0.15, -0.1) is 11.3 Å². The highest BCUT2D eigenvalue weighted by atomic mass is 32.2. The van der Waals surface area contributed by atoms with E-state index in [4.69, 9.17) is 0 Å². The fourth-order valence-corrected chi connectivity index (χ4v) is 4.80. The molecule has 1 unspecified atom stereocenters. The molecule has 1 heterocycles. The van der Waals surface area contributed by atoms with Crippen LogP contribution in [0.15, 0.2) is 15.7 Å². The summed E-state index contributed by atoms with van der Waals surface area (Å²) in [5, 5.41) is 5.23. The molecule has 21 heavy (non-hydrogen) atoms. The molecule has 1 aromatic rings. The lowest BCUT2D eigenvalue weighted by Crippen LogP contribution is -2.34. The van der Waals surface area contributed by atoms with Gasteiger partial charge in [-0.05, 0) is 35.8 Å². The highest BCUT2D eigenvalue weighted by Crippen LogP contribution is 2.34. The zero-order valence-corrected chi connectivity index (χ0v) is 14.7. The van der Waals surface area contributed by atoms with Crippen LogP contribution in [0.3, 0.4) is 0 Å². The van der Waals surface area contributed by atoms with E-state index < -0.39 is 10.0 Å². The molecule has 0 aromatic carbocycles. The fourth-order valence-electron chi connectivity index (χ4n) is 2.24. The van der Waals surface area contributed by atoms with Crippen molar-refractivity contribution in [1.29, 1.82) is 0 Å². The zero-order chi connectivity index (χ0) is 15.5. The molecule has 0 amide bonds. The van der Waals surface area contributed by atoms with Crippen LogP contribution >= 0.6 is 11.3 Å². The maximum atomic E-state index is 12.4. The number of hydrogen-bond donors (Lipinski definition) is 2. The molecule has 2 N–H and O–H groups in total. The molecule has 1 atom stereocenters. The van der Waals surface area contributed by atoms with Gasteiger partial charge >= 0.3 is 0 Å². The molecule has 120 valence electrons. The summed E-state index contributed by atoms with van der Waals surface area (Å²) in [6.07, 6.45) is 4.33. The van der Waals surface area contributed by atoms with Gasteiger partial charge in [-0.2, -0.15) is 0 Å². The minimum absolute atomic E-state index is 0.0711. The number of thiophene rings is 1. The largest absolute Gasteiger partial charge is 0.310 e. The molecule has 4 nitrogen and oxygen atoms in total. The second kappa shape index (κ2) is 7.22. The molecular formula is C15H26N2O2S2. The third kappa shape index (κ3) is 5.36. The van der Waals surface area contributed by atoms with Gasteiger partial charge in [0.05, 0.1) is 0 Å². The zero-order valence-electron chi connectivity index (χ0n) is 13.1. The van der Waals surface area contributed by atoms with Gasteiger partial charge in [-0.25, -0.2) is 13.1 Å². The van der Waals surface area contributed by atoms with Crippen molar-refractivity contribution in [1.82, 2.24) is 10.0 Å². The Hall–Kier alpha value is -0.430. The Labute approximate surface area is 132 Å². The first-order chi connectivity index (χ1) is 9.90. The molecule has 6 heteroatoms. The monoisotopic (exact) mass is 330 g/mol. The lowest BCUT2D eigenvalue weighted by molar-refractivity contribution is 0.496. The topological polar surface area (TPSA) is 58.2 Å². The van der Waals surface area contributed by atoms with Crippen LogP contribution < -0.4 is 10.0 Å². The fraction of sp³-hybridized carbons (Fsp3) is 0.733. The second-order valence-electron chi connectivity index (χ2n) is 6.22. The molecule has 0 aliphatic heterocycles. The summed E-state index contributed by atoms with van der Waals surface area (Å²) in [5.74, 6) is 0.729. The normalized spacial score (nSPS) is 17.3. The number of sulfonamides is 1. The van der Waals surface area contributed by atoms with Crippen LogP contribution in [0.5, 0.6) is 0 Å². The molecule has 1 fully saturated rings. The van der Waals surface area contributed by atoms with E-state index in [2.05, 4.69) is 23.9 Å². The first-order valence-electron chi connectivity index (χ1n) is 7.73. The predicted molar refractivity (Wildman–Crippen MR) is 88.0 cm³/mol. The lowest BCUT2D eigenvalue weighted by atomic mass is 10.1. The summed E-state index contributed by atoms with van der Waals surface area (Å²) in [7, 11) is -3.37. The van der Waals surface area contributed by atoms with Crippen molar-refractivity contribution in [3.8, 4) is 0 Å². The van der Waals surface area contributed by atoms with E-state index in [0.717, 1.165) is 24.3 Å². The standard InChI is InChI=1S/C15H26N2O2S2/c1-4-14(7-12-5-6-12)17-21(18,19)15-8-13(10-20-15)9-16-11(2)3/h8,10-12,14,16-17H,4-7,9H2,1-3H3. The molecular weight excluding hydrogens is 304 g/mol. The van der Waals surface area contributed by atoms with Gasteiger partial charge in [0.15, 0.2) is 0 Å². The van der Waals surface area contributed by atoms with Crippen molar-refractivity contribution in [2.75, 3.05) is 0 Å². The van der Waals surface area contributed by atoms with Gasteiger partial charge in [0, 0.05) is 18.6 Å². The van der Waals surface area contributed by atoms with Crippen LogP contribution in [0.4, 0.5) is 0 Å². The Kier molecular flexibility index (Phi) is 5.82. The van der Waals surface area contributed by atoms with E-state index >= 15 is 0 Å². The molecule has 0 spiro atoms.